The quantitative estimate of drug-likeness (QED) is 0.889. The van der Waals surface area contributed by atoms with Crippen LogP contribution in [0.25, 0.3) is 0 Å². The van der Waals surface area contributed by atoms with Crippen molar-refractivity contribution in [2.75, 3.05) is 32.1 Å². The van der Waals surface area contributed by atoms with Crippen LogP contribution in [0.1, 0.15) is 18.9 Å². The normalized spacial score (nSPS) is 24.1. The molecule has 18 heavy (non-hydrogen) atoms. The zero-order chi connectivity index (χ0) is 13.1. The van der Waals surface area contributed by atoms with E-state index in [1.54, 1.807) is 7.11 Å². The predicted molar refractivity (Wildman–Crippen MR) is 76.6 cm³/mol. The van der Waals surface area contributed by atoms with Crippen molar-refractivity contribution in [3.8, 4) is 5.75 Å². The number of nitrogens with one attached hydrogen (secondary N) is 1. The first-order valence-corrected chi connectivity index (χ1v) is 6.72. The molecule has 2 unspecified atom stereocenters. The Balaban J connectivity index is 2.11. The number of methoxy groups -OCH3 is 1. The molecule has 0 spiro atoms. The first-order chi connectivity index (χ1) is 8.65. The van der Waals surface area contributed by atoms with E-state index in [-0.39, 0.29) is 0 Å². The van der Waals surface area contributed by atoms with Gasteiger partial charge >= 0.3 is 0 Å². The van der Waals surface area contributed by atoms with E-state index < -0.39 is 0 Å². The van der Waals surface area contributed by atoms with Crippen LogP contribution in [-0.4, -0.2) is 33.3 Å². The van der Waals surface area contributed by atoms with Gasteiger partial charge < -0.3 is 15.0 Å². The zero-order valence-electron chi connectivity index (χ0n) is 11.9. The molecule has 0 amide bonds. The van der Waals surface area contributed by atoms with E-state index in [2.05, 4.69) is 49.3 Å². The van der Waals surface area contributed by atoms with Crippen molar-refractivity contribution in [1.82, 2.24) is 5.32 Å². The van der Waals surface area contributed by atoms with Gasteiger partial charge in [0, 0.05) is 24.8 Å². The lowest BCUT2D eigenvalue weighted by molar-refractivity contribution is 0.339. The topological polar surface area (TPSA) is 24.5 Å². The molecule has 2 rings (SSSR count). The maximum absolute atomic E-state index is 5.31. The van der Waals surface area contributed by atoms with Gasteiger partial charge in [0.2, 0.25) is 0 Å². The number of piperidine rings is 1. The van der Waals surface area contributed by atoms with Gasteiger partial charge in [-0.3, -0.25) is 0 Å². The van der Waals surface area contributed by atoms with E-state index in [0.29, 0.717) is 12.0 Å². The van der Waals surface area contributed by atoms with Gasteiger partial charge in [-0.05, 0) is 50.1 Å². The summed E-state index contributed by atoms with van der Waals surface area (Å²) in [5.41, 5.74) is 2.52. The first-order valence-electron chi connectivity index (χ1n) is 6.72. The third-order valence-electron chi connectivity index (χ3n) is 4.02. The molecule has 0 saturated carbocycles. The molecule has 1 fully saturated rings. The molecule has 1 aliphatic heterocycles. The van der Waals surface area contributed by atoms with Crippen LogP contribution < -0.4 is 15.0 Å². The second-order valence-corrected chi connectivity index (χ2v) is 5.26. The summed E-state index contributed by atoms with van der Waals surface area (Å²) >= 11 is 0. The molecule has 1 aliphatic rings. The van der Waals surface area contributed by atoms with E-state index in [1.807, 2.05) is 0 Å². The minimum Gasteiger partial charge on any atom is -0.496 e. The number of anilines is 1. The van der Waals surface area contributed by atoms with Crippen LogP contribution in [0.2, 0.25) is 0 Å². The van der Waals surface area contributed by atoms with Crippen LogP contribution in [0.15, 0.2) is 18.2 Å². The molecule has 0 bridgehead atoms. The number of hydrogen-bond donors (Lipinski definition) is 1. The summed E-state index contributed by atoms with van der Waals surface area (Å²) in [5, 5.41) is 3.41. The number of nitrogens with zero attached hydrogens (tertiary/aromatic N) is 1. The third-order valence-corrected chi connectivity index (χ3v) is 4.02. The molecule has 0 aromatic heterocycles. The minimum atomic E-state index is 0.653. The lowest BCUT2D eigenvalue weighted by Gasteiger charge is -2.38. The Morgan fingerprint density at radius 3 is 2.72 bits per heavy atom. The number of ether oxygens (including phenoxy) is 1. The van der Waals surface area contributed by atoms with Crippen LogP contribution in [0, 0.1) is 12.8 Å². The molecular formula is C15H24N2O. The van der Waals surface area contributed by atoms with Gasteiger partial charge in [-0.15, -0.1) is 0 Å². The average molecular weight is 248 g/mol. The Labute approximate surface area is 110 Å². The van der Waals surface area contributed by atoms with Gasteiger partial charge in [0.15, 0.2) is 0 Å². The van der Waals surface area contributed by atoms with Crippen molar-refractivity contribution in [2.45, 2.75) is 26.3 Å². The van der Waals surface area contributed by atoms with Crippen molar-refractivity contribution in [2.24, 2.45) is 5.92 Å². The highest BCUT2D eigenvalue weighted by Gasteiger charge is 2.24. The largest absolute Gasteiger partial charge is 0.496 e. The lowest BCUT2D eigenvalue weighted by atomic mass is 9.93. The first kappa shape index (κ1) is 13.2. The summed E-state index contributed by atoms with van der Waals surface area (Å²) in [6.07, 6.45) is 1.21. The number of benzene rings is 1. The summed E-state index contributed by atoms with van der Waals surface area (Å²) in [7, 11) is 3.79. The zero-order valence-corrected chi connectivity index (χ0v) is 11.9. The van der Waals surface area contributed by atoms with Gasteiger partial charge in [-0.25, -0.2) is 0 Å². The maximum atomic E-state index is 5.31. The Morgan fingerprint density at radius 2 is 2.17 bits per heavy atom. The minimum absolute atomic E-state index is 0.653. The molecule has 1 aromatic rings. The standard InChI is InChI=1S/C15H24N2O/c1-11-9-13(5-6-15(11)18-4)17-8-7-14(16-3)12(2)10-17/h5-6,9,12,14,16H,7-8,10H2,1-4H3. The van der Waals surface area contributed by atoms with E-state index in [0.717, 1.165) is 18.8 Å². The fraction of sp³-hybridized carbons (Fsp3) is 0.600. The maximum Gasteiger partial charge on any atom is 0.121 e. The molecular weight excluding hydrogens is 224 g/mol. The van der Waals surface area contributed by atoms with Crippen molar-refractivity contribution in [3.05, 3.63) is 23.8 Å². The summed E-state index contributed by atoms with van der Waals surface area (Å²) in [6, 6.07) is 7.11. The van der Waals surface area contributed by atoms with Gasteiger partial charge in [0.1, 0.15) is 5.75 Å². The van der Waals surface area contributed by atoms with Crippen molar-refractivity contribution in [1.29, 1.82) is 0 Å². The van der Waals surface area contributed by atoms with Crippen LogP contribution in [0.3, 0.4) is 0 Å². The molecule has 1 heterocycles. The van der Waals surface area contributed by atoms with Crippen LogP contribution in [0.4, 0.5) is 5.69 Å². The molecule has 0 radical (unpaired) electrons. The fourth-order valence-electron chi connectivity index (χ4n) is 2.87. The summed E-state index contributed by atoms with van der Waals surface area (Å²) in [6.45, 7) is 6.68. The molecule has 3 nitrogen and oxygen atoms in total. The number of aryl methyl sites for hydroxylation is 1. The molecule has 2 atom stereocenters. The monoisotopic (exact) mass is 248 g/mol. The molecule has 1 saturated heterocycles. The second kappa shape index (κ2) is 5.61. The summed E-state index contributed by atoms with van der Waals surface area (Å²) < 4.78 is 5.31. The Morgan fingerprint density at radius 1 is 1.39 bits per heavy atom. The molecule has 3 heteroatoms. The molecule has 0 aliphatic carbocycles. The van der Waals surface area contributed by atoms with Gasteiger partial charge in [-0.1, -0.05) is 6.92 Å². The smallest absolute Gasteiger partial charge is 0.121 e. The van der Waals surface area contributed by atoms with Gasteiger partial charge in [0.05, 0.1) is 7.11 Å². The fourth-order valence-corrected chi connectivity index (χ4v) is 2.87. The van der Waals surface area contributed by atoms with E-state index >= 15 is 0 Å². The molecule has 1 N–H and O–H groups in total. The van der Waals surface area contributed by atoms with Gasteiger partial charge in [0.25, 0.3) is 0 Å². The third kappa shape index (κ3) is 2.61. The highest BCUT2D eigenvalue weighted by Crippen LogP contribution is 2.27. The van der Waals surface area contributed by atoms with Crippen molar-refractivity contribution in [3.63, 3.8) is 0 Å². The van der Waals surface area contributed by atoms with Crippen molar-refractivity contribution >= 4 is 5.69 Å². The van der Waals surface area contributed by atoms with Crippen LogP contribution >= 0.6 is 0 Å². The molecule has 1 aromatic carbocycles. The summed E-state index contributed by atoms with van der Waals surface area (Å²) in [5.74, 6) is 1.66. The predicted octanol–water partition coefficient (Wildman–Crippen LogP) is 2.44. The number of hydrogen-bond acceptors (Lipinski definition) is 3. The van der Waals surface area contributed by atoms with E-state index in [4.69, 9.17) is 4.74 Å². The highest BCUT2D eigenvalue weighted by atomic mass is 16.5. The highest BCUT2D eigenvalue weighted by molar-refractivity contribution is 5.53. The summed E-state index contributed by atoms with van der Waals surface area (Å²) in [4.78, 5) is 2.48. The van der Waals surface area contributed by atoms with Gasteiger partial charge in [-0.2, -0.15) is 0 Å². The van der Waals surface area contributed by atoms with E-state index in [1.165, 1.54) is 17.7 Å². The van der Waals surface area contributed by atoms with Crippen LogP contribution in [-0.2, 0) is 0 Å². The Hall–Kier alpha value is -1.22. The average Bonchev–Trinajstić information content (AvgIpc) is 2.38. The second-order valence-electron chi connectivity index (χ2n) is 5.26. The Kier molecular flexibility index (Phi) is 4.12. The van der Waals surface area contributed by atoms with Crippen LogP contribution in [0.5, 0.6) is 5.75 Å². The molecule has 100 valence electrons. The SMILES string of the molecule is CNC1CCN(c2ccc(OC)c(C)c2)CC1C. The number of rotatable bonds is 3. The lowest BCUT2D eigenvalue weighted by Crippen LogP contribution is -2.47. The van der Waals surface area contributed by atoms with Crippen molar-refractivity contribution < 1.29 is 4.74 Å². The Bertz CT molecular complexity index is 405. The van der Waals surface area contributed by atoms with E-state index in [9.17, 15) is 0 Å².